The fraction of sp³-hybridized carbons (Fsp3) is 0.111. The molecule has 0 bridgehead atoms. The molecule has 7 nitrogen and oxygen atoms in total. The van der Waals surface area contributed by atoms with Gasteiger partial charge in [0.05, 0.1) is 11.3 Å². The Kier molecular flexibility index (Phi) is 5.28. The topological polar surface area (TPSA) is 95.0 Å². The van der Waals surface area contributed by atoms with Crippen molar-refractivity contribution in [3.05, 3.63) is 65.7 Å². The zero-order valence-electron chi connectivity index (χ0n) is 13.7. The van der Waals surface area contributed by atoms with Gasteiger partial charge in [0.15, 0.2) is 0 Å². The molecular weight excluding hydrogens is 324 g/mol. The van der Waals surface area contributed by atoms with Gasteiger partial charge in [-0.05, 0) is 36.4 Å². The van der Waals surface area contributed by atoms with Gasteiger partial charge >= 0.3 is 5.97 Å². The number of carbonyl (C=O) groups is 4. The molecule has 128 valence electrons. The molecule has 3 amide bonds. The van der Waals surface area contributed by atoms with E-state index in [1.165, 1.54) is 38.1 Å². The van der Waals surface area contributed by atoms with Crippen LogP contribution >= 0.6 is 0 Å². The lowest BCUT2D eigenvalue weighted by Crippen LogP contribution is -2.51. The molecule has 0 aliphatic rings. The van der Waals surface area contributed by atoms with Crippen LogP contribution in [-0.2, 0) is 9.59 Å². The zero-order chi connectivity index (χ0) is 18.6. The van der Waals surface area contributed by atoms with Crippen LogP contribution in [0.5, 0.6) is 0 Å². The number of benzene rings is 2. The fourth-order valence-electron chi connectivity index (χ4n) is 2.27. The molecule has 1 N–H and O–H groups in total. The van der Waals surface area contributed by atoms with Crippen LogP contribution in [0.2, 0.25) is 0 Å². The highest BCUT2D eigenvalue weighted by Crippen LogP contribution is 2.20. The number of carboxylic acids is 1. The molecule has 0 radical (unpaired) electrons. The van der Waals surface area contributed by atoms with Gasteiger partial charge in [0.1, 0.15) is 0 Å². The predicted molar refractivity (Wildman–Crippen MR) is 89.9 cm³/mol. The minimum Gasteiger partial charge on any atom is -0.478 e. The van der Waals surface area contributed by atoms with Crippen LogP contribution in [0.1, 0.15) is 34.6 Å². The summed E-state index contributed by atoms with van der Waals surface area (Å²) in [5.74, 6) is -2.99. The molecule has 0 unspecified atom stereocenters. The van der Waals surface area contributed by atoms with Crippen molar-refractivity contribution in [3.63, 3.8) is 0 Å². The number of aromatic carboxylic acids is 1. The first-order chi connectivity index (χ1) is 11.8. The number of para-hydroxylation sites is 1. The molecule has 0 saturated heterocycles. The Morgan fingerprint density at radius 2 is 1.24 bits per heavy atom. The maximum Gasteiger partial charge on any atom is 0.335 e. The van der Waals surface area contributed by atoms with Crippen LogP contribution in [-0.4, -0.2) is 33.8 Å². The highest BCUT2D eigenvalue weighted by Gasteiger charge is 2.29. The maximum absolute atomic E-state index is 12.9. The third-order valence-corrected chi connectivity index (χ3v) is 3.37. The summed E-state index contributed by atoms with van der Waals surface area (Å²) < 4.78 is 0. The number of carbonyl (C=O) groups excluding carboxylic acids is 3. The monoisotopic (exact) mass is 340 g/mol. The summed E-state index contributed by atoms with van der Waals surface area (Å²) in [6.45, 7) is 2.36. The summed E-state index contributed by atoms with van der Waals surface area (Å²) in [7, 11) is 0. The number of amides is 3. The van der Waals surface area contributed by atoms with E-state index >= 15 is 0 Å². The molecule has 0 aliphatic carbocycles. The lowest BCUT2D eigenvalue weighted by molar-refractivity contribution is -0.142. The average Bonchev–Trinajstić information content (AvgIpc) is 2.59. The number of anilines is 1. The van der Waals surface area contributed by atoms with Crippen LogP contribution in [0, 0.1) is 0 Å². The molecule has 0 atom stereocenters. The van der Waals surface area contributed by atoms with E-state index in [9.17, 15) is 19.2 Å². The van der Waals surface area contributed by atoms with Crippen LogP contribution in [0.4, 0.5) is 5.69 Å². The van der Waals surface area contributed by atoms with Gasteiger partial charge < -0.3 is 5.11 Å². The van der Waals surface area contributed by atoms with Gasteiger partial charge in [0.25, 0.3) is 5.91 Å². The van der Waals surface area contributed by atoms with Crippen molar-refractivity contribution in [2.45, 2.75) is 13.8 Å². The Bertz CT molecular complexity index is 801. The number of nitrogens with zero attached hydrogens (tertiary/aromatic N) is 2. The molecular formula is C18H16N2O5. The van der Waals surface area contributed by atoms with Crippen molar-refractivity contribution < 1.29 is 24.3 Å². The Morgan fingerprint density at radius 1 is 0.760 bits per heavy atom. The van der Waals surface area contributed by atoms with Gasteiger partial charge in [-0.1, -0.05) is 18.2 Å². The van der Waals surface area contributed by atoms with Crippen molar-refractivity contribution in [2.75, 3.05) is 5.01 Å². The average molecular weight is 340 g/mol. The first kappa shape index (κ1) is 17.9. The lowest BCUT2D eigenvalue weighted by atomic mass is 10.1. The van der Waals surface area contributed by atoms with Crippen molar-refractivity contribution in [3.8, 4) is 0 Å². The zero-order valence-corrected chi connectivity index (χ0v) is 13.7. The van der Waals surface area contributed by atoms with Crippen LogP contribution in [0.15, 0.2) is 54.6 Å². The SMILES string of the molecule is CC(=O)N(C(C)=O)N(C(=O)c1ccc(C(=O)O)cc1)c1ccccc1. The quantitative estimate of drug-likeness (QED) is 0.865. The van der Waals surface area contributed by atoms with Gasteiger partial charge in [-0.3, -0.25) is 14.4 Å². The number of imide groups is 1. The number of carboxylic acid groups (broad SMARTS) is 1. The van der Waals surface area contributed by atoms with E-state index in [4.69, 9.17) is 5.11 Å². The molecule has 0 aromatic heterocycles. The molecule has 0 heterocycles. The molecule has 2 aromatic carbocycles. The Balaban J connectivity index is 2.51. The first-order valence-corrected chi connectivity index (χ1v) is 7.37. The van der Waals surface area contributed by atoms with E-state index in [1.54, 1.807) is 30.3 Å². The summed E-state index contributed by atoms with van der Waals surface area (Å²) in [6, 6.07) is 13.5. The highest BCUT2D eigenvalue weighted by molar-refractivity contribution is 6.11. The summed E-state index contributed by atoms with van der Waals surface area (Å²) in [6.07, 6.45) is 0. The third-order valence-electron chi connectivity index (χ3n) is 3.37. The van der Waals surface area contributed by atoms with E-state index in [2.05, 4.69) is 0 Å². The molecule has 2 rings (SSSR count). The van der Waals surface area contributed by atoms with Gasteiger partial charge in [0, 0.05) is 19.4 Å². The van der Waals surface area contributed by atoms with Crippen molar-refractivity contribution in [2.24, 2.45) is 0 Å². The number of hydrogen-bond donors (Lipinski definition) is 1. The molecule has 7 heteroatoms. The predicted octanol–water partition coefficient (Wildman–Crippen LogP) is 2.34. The number of hydrazine groups is 1. The Hall–Kier alpha value is -3.48. The molecule has 0 spiro atoms. The minimum absolute atomic E-state index is 0.0257. The van der Waals surface area contributed by atoms with Crippen molar-refractivity contribution in [1.82, 2.24) is 5.01 Å². The summed E-state index contributed by atoms with van der Waals surface area (Å²) in [4.78, 5) is 47.7. The Labute approximate surface area is 144 Å². The van der Waals surface area contributed by atoms with Gasteiger partial charge in [-0.2, -0.15) is 5.01 Å². The molecule has 0 fully saturated rings. The summed E-state index contributed by atoms with van der Waals surface area (Å²) >= 11 is 0. The van der Waals surface area contributed by atoms with E-state index in [-0.39, 0.29) is 11.1 Å². The van der Waals surface area contributed by atoms with Gasteiger partial charge in [-0.25, -0.2) is 9.80 Å². The molecule has 0 saturated carbocycles. The molecule has 25 heavy (non-hydrogen) atoms. The van der Waals surface area contributed by atoms with E-state index in [0.29, 0.717) is 5.69 Å². The third kappa shape index (κ3) is 3.89. The van der Waals surface area contributed by atoms with Crippen LogP contribution in [0.25, 0.3) is 0 Å². The van der Waals surface area contributed by atoms with E-state index < -0.39 is 23.7 Å². The number of hydrogen-bond acceptors (Lipinski definition) is 4. The van der Waals surface area contributed by atoms with Crippen molar-refractivity contribution >= 4 is 29.4 Å². The standard InChI is InChI=1S/C18H16N2O5/c1-12(21)19(13(2)22)20(16-6-4-3-5-7-16)17(23)14-8-10-15(11-9-14)18(24)25/h3-11H,1-2H3,(H,24,25). The molecule has 2 aromatic rings. The summed E-state index contributed by atoms with van der Waals surface area (Å²) in [5.41, 5.74) is 0.499. The maximum atomic E-state index is 12.9. The lowest BCUT2D eigenvalue weighted by Gasteiger charge is -2.31. The van der Waals surface area contributed by atoms with E-state index in [1.807, 2.05) is 0 Å². The second-order valence-electron chi connectivity index (χ2n) is 5.18. The smallest absolute Gasteiger partial charge is 0.335 e. The van der Waals surface area contributed by atoms with Crippen molar-refractivity contribution in [1.29, 1.82) is 0 Å². The highest BCUT2D eigenvalue weighted by atomic mass is 16.4. The molecule has 0 aliphatic heterocycles. The van der Waals surface area contributed by atoms with E-state index in [0.717, 1.165) is 10.0 Å². The second-order valence-corrected chi connectivity index (χ2v) is 5.18. The van der Waals surface area contributed by atoms with Crippen LogP contribution < -0.4 is 5.01 Å². The van der Waals surface area contributed by atoms with Crippen LogP contribution in [0.3, 0.4) is 0 Å². The largest absolute Gasteiger partial charge is 0.478 e. The number of rotatable bonds is 3. The fourth-order valence-corrected chi connectivity index (χ4v) is 2.27. The first-order valence-electron chi connectivity index (χ1n) is 7.37. The Morgan fingerprint density at radius 3 is 1.68 bits per heavy atom. The van der Waals surface area contributed by atoms with Gasteiger partial charge in [0.2, 0.25) is 11.8 Å². The normalized spacial score (nSPS) is 10.0. The minimum atomic E-state index is -1.12. The second kappa shape index (κ2) is 7.39. The van der Waals surface area contributed by atoms with Gasteiger partial charge in [-0.15, -0.1) is 0 Å². The summed E-state index contributed by atoms with van der Waals surface area (Å²) in [5, 5.41) is 10.7.